The first-order valence-corrected chi connectivity index (χ1v) is 7.22. The molecule has 1 aliphatic carbocycles. The number of rotatable bonds is 2. The fourth-order valence-corrected chi connectivity index (χ4v) is 4.37. The lowest BCUT2D eigenvalue weighted by atomic mass is 9.93. The van der Waals surface area contributed by atoms with E-state index in [2.05, 4.69) is 22.8 Å². The molecule has 1 aromatic heterocycles. The van der Waals surface area contributed by atoms with Crippen molar-refractivity contribution in [3.63, 3.8) is 0 Å². The van der Waals surface area contributed by atoms with Crippen molar-refractivity contribution in [1.82, 2.24) is 4.98 Å². The van der Waals surface area contributed by atoms with Crippen LogP contribution in [0.2, 0.25) is 0 Å². The van der Waals surface area contributed by atoms with Crippen LogP contribution in [0.5, 0.6) is 0 Å². The van der Waals surface area contributed by atoms with Crippen molar-refractivity contribution in [2.45, 2.75) is 42.9 Å². The van der Waals surface area contributed by atoms with Gasteiger partial charge >= 0.3 is 0 Å². The van der Waals surface area contributed by atoms with E-state index in [0.717, 1.165) is 0 Å². The molecule has 0 aromatic carbocycles. The minimum absolute atomic E-state index is 0.309. The highest BCUT2D eigenvalue weighted by atomic mass is 32.2. The minimum Gasteiger partial charge on any atom is -0.326 e. The Morgan fingerprint density at radius 3 is 3.19 bits per heavy atom. The molecular formula is C13H18N2S. The fourth-order valence-electron chi connectivity index (χ4n) is 2.98. The van der Waals surface area contributed by atoms with Crippen LogP contribution < -0.4 is 5.73 Å². The third kappa shape index (κ3) is 1.76. The molecule has 1 fully saturated rings. The number of fused-ring (bicyclic) bond motifs is 1. The molecule has 0 bridgehead atoms. The Morgan fingerprint density at radius 2 is 2.38 bits per heavy atom. The van der Waals surface area contributed by atoms with Gasteiger partial charge < -0.3 is 5.73 Å². The Bertz CT molecular complexity index is 374. The van der Waals surface area contributed by atoms with Gasteiger partial charge in [0.2, 0.25) is 0 Å². The van der Waals surface area contributed by atoms with E-state index in [1.165, 1.54) is 42.7 Å². The fraction of sp³-hybridized carbons (Fsp3) is 0.615. The molecule has 2 nitrogen and oxygen atoms in total. The average Bonchev–Trinajstić information content (AvgIpc) is 2.98. The summed E-state index contributed by atoms with van der Waals surface area (Å²) in [6, 6.07) is 4.55. The van der Waals surface area contributed by atoms with E-state index in [0.29, 0.717) is 17.2 Å². The number of nitrogens with two attached hydrogens (primary N) is 1. The smallest absolute Gasteiger partial charge is 0.0482 e. The van der Waals surface area contributed by atoms with E-state index < -0.39 is 0 Å². The lowest BCUT2D eigenvalue weighted by Crippen LogP contribution is -2.36. The van der Waals surface area contributed by atoms with Crippen LogP contribution in [0.15, 0.2) is 18.3 Å². The SMILES string of the molecule is NC(C1CCCS1)C1CCc2cccnc21. The van der Waals surface area contributed by atoms with E-state index in [4.69, 9.17) is 5.73 Å². The Labute approximate surface area is 101 Å². The molecular weight excluding hydrogens is 216 g/mol. The number of hydrogen-bond donors (Lipinski definition) is 1. The molecule has 0 amide bonds. The van der Waals surface area contributed by atoms with Gasteiger partial charge in [0.25, 0.3) is 0 Å². The minimum atomic E-state index is 0.309. The number of thioether (sulfide) groups is 1. The summed E-state index contributed by atoms with van der Waals surface area (Å²) >= 11 is 2.06. The molecule has 3 atom stereocenters. The molecule has 0 saturated carbocycles. The normalized spacial score (nSPS) is 30.3. The monoisotopic (exact) mass is 234 g/mol. The zero-order valence-electron chi connectivity index (χ0n) is 9.43. The molecule has 0 spiro atoms. The lowest BCUT2D eigenvalue weighted by molar-refractivity contribution is 0.494. The molecule has 0 radical (unpaired) electrons. The van der Waals surface area contributed by atoms with Gasteiger partial charge in [0.15, 0.2) is 0 Å². The standard InChI is InChI=1S/C13H18N2S/c14-12(11-4-2-8-16-11)10-6-5-9-3-1-7-15-13(9)10/h1,3,7,10-12H,2,4-6,8,14H2. The van der Waals surface area contributed by atoms with Crippen molar-refractivity contribution < 1.29 is 0 Å². The van der Waals surface area contributed by atoms with Gasteiger partial charge in [-0.2, -0.15) is 11.8 Å². The number of nitrogens with zero attached hydrogens (tertiary/aromatic N) is 1. The molecule has 1 aromatic rings. The van der Waals surface area contributed by atoms with Gasteiger partial charge in [-0.15, -0.1) is 0 Å². The highest BCUT2D eigenvalue weighted by Crippen LogP contribution is 2.39. The Hall–Kier alpha value is -0.540. The molecule has 2 N–H and O–H groups in total. The van der Waals surface area contributed by atoms with Crippen LogP contribution in [-0.4, -0.2) is 22.0 Å². The third-order valence-corrected chi connectivity index (χ3v) is 5.36. The molecule has 1 aliphatic heterocycles. The molecule has 2 aliphatic rings. The van der Waals surface area contributed by atoms with Crippen molar-refractivity contribution in [2.75, 3.05) is 5.75 Å². The van der Waals surface area contributed by atoms with Gasteiger partial charge in [-0.25, -0.2) is 0 Å². The Morgan fingerprint density at radius 1 is 1.44 bits per heavy atom. The summed E-state index contributed by atoms with van der Waals surface area (Å²) in [6.45, 7) is 0. The third-order valence-electron chi connectivity index (χ3n) is 3.86. The molecule has 3 unspecified atom stereocenters. The van der Waals surface area contributed by atoms with E-state index in [1.807, 2.05) is 12.3 Å². The van der Waals surface area contributed by atoms with Crippen LogP contribution >= 0.6 is 11.8 Å². The molecule has 86 valence electrons. The summed E-state index contributed by atoms with van der Waals surface area (Å²) in [5.41, 5.74) is 9.14. The first kappa shape index (κ1) is 10.6. The second-order valence-electron chi connectivity index (χ2n) is 4.82. The van der Waals surface area contributed by atoms with Crippen LogP contribution in [0, 0.1) is 0 Å². The maximum absolute atomic E-state index is 6.44. The number of aromatic nitrogens is 1. The van der Waals surface area contributed by atoms with Gasteiger partial charge in [0.1, 0.15) is 0 Å². The van der Waals surface area contributed by atoms with Crippen LogP contribution in [0.25, 0.3) is 0 Å². The second-order valence-corrected chi connectivity index (χ2v) is 6.17. The maximum atomic E-state index is 6.44. The van der Waals surface area contributed by atoms with E-state index >= 15 is 0 Å². The van der Waals surface area contributed by atoms with Gasteiger partial charge in [0, 0.05) is 29.1 Å². The molecule has 16 heavy (non-hydrogen) atoms. The van der Waals surface area contributed by atoms with Crippen molar-refractivity contribution in [2.24, 2.45) is 5.73 Å². The number of pyridine rings is 1. The van der Waals surface area contributed by atoms with Crippen molar-refractivity contribution in [1.29, 1.82) is 0 Å². The quantitative estimate of drug-likeness (QED) is 0.853. The predicted octanol–water partition coefficient (Wildman–Crippen LogP) is 2.33. The summed E-state index contributed by atoms with van der Waals surface area (Å²) in [7, 11) is 0. The summed E-state index contributed by atoms with van der Waals surface area (Å²) in [6.07, 6.45) is 6.91. The van der Waals surface area contributed by atoms with Gasteiger partial charge in [-0.05, 0) is 43.1 Å². The maximum Gasteiger partial charge on any atom is 0.0482 e. The van der Waals surface area contributed by atoms with Crippen LogP contribution in [0.4, 0.5) is 0 Å². The molecule has 1 saturated heterocycles. The number of aryl methyl sites for hydroxylation is 1. The largest absolute Gasteiger partial charge is 0.326 e. The molecule has 3 rings (SSSR count). The summed E-state index contributed by atoms with van der Waals surface area (Å²) in [5, 5.41) is 0.665. The van der Waals surface area contributed by atoms with Crippen LogP contribution in [-0.2, 0) is 6.42 Å². The van der Waals surface area contributed by atoms with E-state index in [1.54, 1.807) is 0 Å². The van der Waals surface area contributed by atoms with E-state index in [9.17, 15) is 0 Å². The predicted molar refractivity (Wildman–Crippen MR) is 68.8 cm³/mol. The Balaban J connectivity index is 1.81. The molecule has 2 heterocycles. The first-order valence-electron chi connectivity index (χ1n) is 6.17. The lowest BCUT2D eigenvalue weighted by Gasteiger charge is -2.24. The van der Waals surface area contributed by atoms with E-state index in [-0.39, 0.29) is 0 Å². The van der Waals surface area contributed by atoms with Gasteiger partial charge in [0.05, 0.1) is 0 Å². The first-order chi connectivity index (χ1) is 7.86. The highest BCUT2D eigenvalue weighted by Gasteiger charge is 2.34. The zero-order chi connectivity index (χ0) is 11.0. The second kappa shape index (κ2) is 4.38. The van der Waals surface area contributed by atoms with Gasteiger partial charge in [-0.3, -0.25) is 4.98 Å². The van der Waals surface area contributed by atoms with Crippen molar-refractivity contribution in [3.8, 4) is 0 Å². The highest BCUT2D eigenvalue weighted by molar-refractivity contribution is 8.00. The summed E-state index contributed by atoms with van der Waals surface area (Å²) in [5.74, 6) is 1.80. The van der Waals surface area contributed by atoms with Crippen LogP contribution in [0.3, 0.4) is 0 Å². The van der Waals surface area contributed by atoms with Crippen LogP contribution in [0.1, 0.15) is 36.4 Å². The zero-order valence-corrected chi connectivity index (χ0v) is 10.2. The average molecular weight is 234 g/mol. The number of hydrogen-bond acceptors (Lipinski definition) is 3. The summed E-state index contributed by atoms with van der Waals surface area (Å²) < 4.78 is 0. The summed E-state index contributed by atoms with van der Waals surface area (Å²) in [4.78, 5) is 4.54. The van der Waals surface area contributed by atoms with Crippen molar-refractivity contribution >= 4 is 11.8 Å². The van der Waals surface area contributed by atoms with Crippen molar-refractivity contribution in [3.05, 3.63) is 29.6 Å². The Kier molecular flexibility index (Phi) is 2.90. The topological polar surface area (TPSA) is 38.9 Å². The molecule has 3 heteroatoms. The van der Waals surface area contributed by atoms with Gasteiger partial charge in [-0.1, -0.05) is 6.07 Å².